The van der Waals surface area contributed by atoms with Crippen molar-refractivity contribution in [3.63, 3.8) is 0 Å². The molecule has 0 aromatic carbocycles. The molecule has 1 N–H and O–H groups in total. The van der Waals surface area contributed by atoms with Crippen molar-refractivity contribution in [2.75, 3.05) is 5.75 Å². The van der Waals surface area contributed by atoms with Crippen molar-refractivity contribution < 1.29 is 19.1 Å². The number of alkyl carbamates (subject to hydrolysis) is 1. The van der Waals surface area contributed by atoms with E-state index in [4.69, 9.17) is 20.2 Å². The lowest BCUT2D eigenvalue weighted by Crippen LogP contribution is -2.47. The lowest BCUT2D eigenvalue weighted by atomic mass is 10.2. The summed E-state index contributed by atoms with van der Waals surface area (Å²) in [5.41, 5.74) is -1.25. The molecular weight excluding hydrogens is 322 g/mol. The summed E-state index contributed by atoms with van der Waals surface area (Å²) in [6.45, 7) is 10.5. The second-order valence-electron chi connectivity index (χ2n) is 6.08. The van der Waals surface area contributed by atoms with E-state index in [9.17, 15) is 9.59 Å². The first kappa shape index (κ1) is 19.7. The topological polar surface area (TPSA) is 64.6 Å². The zero-order chi connectivity index (χ0) is 16.0. The highest BCUT2D eigenvalue weighted by Crippen LogP contribution is 2.26. The van der Waals surface area contributed by atoms with Gasteiger partial charge in [0.15, 0.2) is 0 Å². The first-order valence-electron chi connectivity index (χ1n) is 6.07. The minimum absolute atomic E-state index is 0.294. The Morgan fingerprint density at radius 3 is 2.00 bits per heavy atom. The average molecular weight is 344 g/mol. The third-order valence-corrected chi connectivity index (χ3v) is 3.70. The molecule has 0 spiro atoms. The predicted molar refractivity (Wildman–Crippen MR) is 84.9 cm³/mol. The summed E-state index contributed by atoms with van der Waals surface area (Å²) in [7, 11) is 7.75. The monoisotopic (exact) mass is 343 g/mol. The zero-order valence-electron chi connectivity index (χ0n) is 12.6. The van der Waals surface area contributed by atoms with Gasteiger partial charge in [0.1, 0.15) is 17.2 Å². The standard InChI is InChI=1S/C12H22ClNO4S2/c1-11(2,3)17-9(15)8(7-19-20-13)14-10(16)18-12(4,5)6/h8H,7H2,1-6H3,(H,14,16)/t8-/m0/s1. The molecule has 0 aromatic heterocycles. The van der Waals surface area contributed by atoms with Gasteiger partial charge in [-0.25, -0.2) is 9.59 Å². The molecule has 0 aliphatic heterocycles. The van der Waals surface area contributed by atoms with Gasteiger partial charge < -0.3 is 14.8 Å². The second-order valence-corrected chi connectivity index (χ2v) is 8.99. The fourth-order valence-electron chi connectivity index (χ4n) is 1.09. The Labute approximate surface area is 132 Å². The van der Waals surface area contributed by atoms with E-state index < -0.39 is 29.3 Å². The maximum atomic E-state index is 12.0. The lowest BCUT2D eigenvalue weighted by molar-refractivity contribution is -0.156. The summed E-state index contributed by atoms with van der Waals surface area (Å²) < 4.78 is 10.4. The summed E-state index contributed by atoms with van der Waals surface area (Å²) in [5, 5.41) is 2.50. The van der Waals surface area contributed by atoms with E-state index in [-0.39, 0.29) is 0 Å². The van der Waals surface area contributed by atoms with Gasteiger partial charge >= 0.3 is 12.1 Å². The first-order chi connectivity index (χ1) is 8.94. The maximum absolute atomic E-state index is 12.0. The van der Waals surface area contributed by atoms with Gasteiger partial charge in [0.25, 0.3) is 0 Å². The molecule has 0 saturated heterocycles. The Bertz CT molecular complexity index is 339. The smallest absolute Gasteiger partial charge is 0.408 e. The molecule has 0 aromatic rings. The zero-order valence-corrected chi connectivity index (χ0v) is 15.0. The van der Waals surface area contributed by atoms with Gasteiger partial charge in [-0.3, -0.25) is 0 Å². The normalized spacial score (nSPS) is 13.6. The Morgan fingerprint density at radius 1 is 1.10 bits per heavy atom. The Hall–Kier alpha value is -0.270. The molecule has 1 atom stereocenters. The van der Waals surface area contributed by atoms with Crippen molar-refractivity contribution in [2.45, 2.75) is 58.8 Å². The summed E-state index contributed by atoms with van der Waals surface area (Å²) in [4.78, 5) is 23.7. The summed E-state index contributed by atoms with van der Waals surface area (Å²) in [5.74, 6) is -0.218. The van der Waals surface area contributed by atoms with Gasteiger partial charge in [0.05, 0.1) is 0 Å². The minimum atomic E-state index is -0.805. The van der Waals surface area contributed by atoms with E-state index in [0.29, 0.717) is 5.75 Å². The molecule has 118 valence electrons. The van der Waals surface area contributed by atoms with E-state index in [1.54, 1.807) is 41.5 Å². The number of amides is 1. The van der Waals surface area contributed by atoms with Gasteiger partial charge in [0.2, 0.25) is 0 Å². The van der Waals surface area contributed by atoms with Crippen LogP contribution in [-0.2, 0) is 14.3 Å². The number of halogens is 1. The molecule has 0 aliphatic rings. The van der Waals surface area contributed by atoms with Crippen LogP contribution in [-0.4, -0.2) is 35.1 Å². The van der Waals surface area contributed by atoms with Gasteiger partial charge in [0, 0.05) is 15.8 Å². The third kappa shape index (κ3) is 10.5. The van der Waals surface area contributed by atoms with Gasteiger partial charge in [-0.05, 0) is 52.2 Å². The molecule has 5 nitrogen and oxygen atoms in total. The highest BCUT2D eigenvalue weighted by molar-refractivity contribution is 8.85. The Kier molecular flexibility index (Phi) is 8.13. The molecule has 0 radical (unpaired) electrons. The van der Waals surface area contributed by atoms with Gasteiger partial charge in [-0.15, -0.1) is 0 Å². The molecule has 20 heavy (non-hydrogen) atoms. The van der Waals surface area contributed by atoms with Crippen molar-refractivity contribution in [3.05, 3.63) is 0 Å². The van der Waals surface area contributed by atoms with Crippen LogP contribution in [0.1, 0.15) is 41.5 Å². The van der Waals surface area contributed by atoms with Crippen molar-refractivity contribution in [1.82, 2.24) is 5.32 Å². The first-order valence-corrected chi connectivity index (χ1v) is 9.22. The number of rotatable bonds is 5. The molecule has 0 rings (SSSR count). The van der Waals surface area contributed by atoms with Crippen LogP contribution in [0.25, 0.3) is 0 Å². The van der Waals surface area contributed by atoms with Crippen LogP contribution >= 0.6 is 31.5 Å². The summed E-state index contributed by atoms with van der Waals surface area (Å²) in [6, 6.07) is -0.805. The van der Waals surface area contributed by atoms with Crippen LogP contribution in [0.15, 0.2) is 0 Å². The molecule has 1 amide bonds. The second kappa shape index (κ2) is 8.24. The number of carbonyl (C=O) groups excluding carboxylic acids is 2. The molecular formula is C12H22ClNO4S2. The molecule has 0 saturated carbocycles. The maximum Gasteiger partial charge on any atom is 0.408 e. The predicted octanol–water partition coefficient (Wildman–Crippen LogP) is 3.76. The van der Waals surface area contributed by atoms with Gasteiger partial charge in [-0.2, -0.15) is 0 Å². The molecule has 8 heteroatoms. The number of nitrogens with one attached hydrogen (secondary N) is 1. The quantitative estimate of drug-likeness (QED) is 0.605. The summed E-state index contributed by atoms with van der Waals surface area (Å²) in [6.07, 6.45) is -0.659. The van der Waals surface area contributed by atoms with Crippen LogP contribution in [0.3, 0.4) is 0 Å². The van der Waals surface area contributed by atoms with Crippen molar-refractivity contribution >= 4 is 43.5 Å². The van der Waals surface area contributed by atoms with Crippen LogP contribution in [0.2, 0.25) is 0 Å². The third-order valence-electron chi connectivity index (χ3n) is 1.66. The number of ether oxygens (including phenoxy) is 2. The highest BCUT2D eigenvalue weighted by atomic mass is 35.7. The fraction of sp³-hybridized carbons (Fsp3) is 0.833. The van der Waals surface area contributed by atoms with E-state index in [0.717, 1.165) is 10.0 Å². The molecule has 0 heterocycles. The van der Waals surface area contributed by atoms with Crippen LogP contribution < -0.4 is 5.32 Å². The number of hydrogen-bond acceptors (Lipinski definition) is 6. The largest absolute Gasteiger partial charge is 0.458 e. The van der Waals surface area contributed by atoms with E-state index in [1.165, 1.54) is 10.8 Å². The Balaban J connectivity index is 4.63. The SMILES string of the molecule is CC(C)(C)OC(=O)N[C@@H](CSSCl)C(=O)OC(C)(C)C. The molecule has 0 aliphatic carbocycles. The summed E-state index contributed by atoms with van der Waals surface area (Å²) >= 11 is 0. The van der Waals surface area contributed by atoms with Crippen molar-refractivity contribution in [1.29, 1.82) is 0 Å². The van der Waals surface area contributed by atoms with E-state index >= 15 is 0 Å². The minimum Gasteiger partial charge on any atom is -0.458 e. The Morgan fingerprint density at radius 2 is 1.60 bits per heavy atom. The number of hydrogen-bond donors (Lipinski definition) is 1. The van der Waals surface area contributed by atoms with E-state index in [2.05, 4.69) is 5.32 Å². The van der Waals surface area contributed by atoms with Crippen LogP contribution in [0.4, 0.5) is 4.79 Å². The van der Waals surface area contributed by atoms with Crippen LogP contribution in [0.5, 0.6) is 0 Å². The lowest BCUT2D eigenvalue weighted by Gasteiger charge is -2.25. The highest BCUT2D eigenvalue weighted by Gasteiger charge is 2.28. The van der Waals surface area contributed by atoms with Crippen molar-refractivity contribution in [2.24, 2.45) is 0 Å². The van der Waals surface area contributed by atoms with Crippen LogP contribution in [0, 0.1) is 0 Å². The van der Waals surface area contributed by atoms with Gasteiger partial charge in [-0.1, -0.05) is 10.8 Å². The molecule has 0 fully saturated rings. The molecule has 0 bridgehead atoms. The fourth-order valence-corrected chi connectivity index (χ4v) is 2.52. The average Bonchev–Trinajstić information content (AvgIpc) is 2.18. The van der Waals surface area contributed by atoms with Crippen molar-refractivity contribution in [3.8, 4) is 0 Å². The van der Waals surface area contributed by atoms with E-state index in [1.807, 2.05) is 0 Å². The number of carbonyl (C=O) groups is 2. The number of esters is 1. The molecule has 0 unspecified atom stereocenters.